The maximum atomic E-state index is 12.3. The number of nitro benzene ring substituents is 1. The molecule has 0 bridgehead atoms. The van der Waals surface area contributed by atoms with Gasteiger partial charge in [0.1, 0.15) is 0 Å². The van der Waals surface area contributed by atoms with Crippen molar-refractivity contribution in [3.05, 3.63) is 68.7 Å². The average Bonchev–Trinajstić information content (AvgIpc) is 2.70. The number of carbonyl (C=O) groups is 1. The third-order valence-corrected chi connectivity index (χ3v) is 5.47. The number of nitrogens with one attached hydrogen (secondary N) is 1. The van der Waals surface area contributed by atoms with Crippen LogP contribution in [0.15, 0.2) is 42.5 Å². The second kappa shape index (κ2) is 9.82. The van der Waals surface area contributed by atoms with Crippen LogP contribution >= 0.6 is 11.6 Å². The van der Waals surface area contributed by atoms with Crippen LogP contribution < -0.4 is 5.32 Å². The van der Waals surface area contributed by atoms with Gasteiger partial charge in [0.15, 0.2) is 0 Å². The number of rotatable bonds is 7. The zero-order chi connectivity index (χ0) is 20.8. The van der Waals surface area contributed by atoms with Crippen LogP contribution in [0.5, 0.6) is 0 Å². The van der Waals surface area contributed by atoms with E-state index in [1.54, 1.807) is 19.1 Å². The second-order valence-electron chi connectivity index (χ2n) is 7.25. The van der Waals surface area contributed by atoms with E-state index in [1.807, 2.05) is 12.1 Å². The molecule has 0 aromatic heterocycles. The van der Waals surface area contributed by atoms with Crippen LogP contribution in [0.3, 0.4) is 0 Å². The lowest BCUT2D eigenvalue weighted by Crippen LogP contribution is -2.46. The largest absolute Gasteiger partial charge is 0.326 e. The van der Waals surface area contributed by atoms with Crippen LogP contribution in [-0.2, 0) is 11.3 Å². The number of hydrogen-bond acceptors (Lipinski definition) is 5. The minimum Gasteiger partial charge on any atom is -0.326 e. The van der Waals surface area contributed by atoms with Crippen molar-refractivity contribution in [1.82, 2.24) is 9.80 Å². The zero-order valence-electron chi connectivity index (χ0n) is 16.4. The number of hydrogen-bond donors (Lipinski definition) is 1. The normalized spacial score (nSPS) is 15.2. The lowest BCUT2D eigenvalue weighted by molar-refractivity contribution is -0.385. The zero-order valence-corrected chi connectivity index (χ0v) is 17.2. The van der Waals surface area contributed by atoms with E-state index in [0.717, 1.165) is 37.7 Å². The van der Waals surface area contributed by atoms with E-state index < -0.39 is 4.92 Å². The summed E-state index contributed by atoms with van der Waals surface area (Å²) in [4.78, 5) is 27.6. The van der Waals surface area contributed by atoms with Gasteiger partial charge >= 0.3 is 0 Å². The molecule has 0 unspecified atom stereocenters. The molecule has 0 saturated carbocycles. The van der Waals surface area contributed by atoms with Gasteiger partial charge in [-0.05, 0) is 30.7 Å². The molecule has 7 nitrogen and oxygen atoms in total. The minimum absolute atomic E-state index is 0.0135. The number of carbonyl (C=O) groups excluding carboxylic acids is 1. The first-order chi connectivity index (χ1) is 13.9. The van der Waals surface area contributed by atoms with Gasteiger partial charge in [0.2, 0.25) is 5.91 Å². The van der Waals surface area contributed by atoms with Crippen molar-refractivity contribution >= 4 is 28.9 Å². The Morgan fingerprint density at radius 3 is 2.41 bits per heavy atom. The van der Waals surface area contributed by atoms with E-state index >= 15 is 0 Å². The topological polar surface area (TPSA) is 78.7 Å². The Kier molecular flexibility index (Phi) is 7.19. The predicted octanol–water partition coefficient (Wildman–Crippen LogP) is 3.70. The molecule has 154 valence electrons. The Morgan fingerprint density at radius 1 is 1.10 bits per heavy atom. The number of halogens is 1. The summed E-state index contributed by atoms with van der Waals surface area (Å²) in [6.45, 7) is 6.95. The summed E-state index contributed by atoms with van der Waals surface area (Å²) >= 11 is 5.93. The molecular weight excluding hydrogens is 392 g/mol. The maximum Gasteiger partial charge on any atom is 0.274 e. The Balaban J connectivity index is 1.42. The quantitative estimate of drug-likeness (QED) is 0.550. The first-order valence-corrected chi connectivity index (χ1v) is 10.0. The van der Waals surface area contributed by atoms with Crippen molar-refractivity contribution in [3.63, 3.8) is 0 Å². The minimum atomic E-state index is -0.436. The van der Waals surface area contributed by atoms with Gasteiger partial charge in [-0.1, -0.05) is 29.8 Å². The van der Waals surface area contributed by atoms with Gasteiger partial charge in [0.25, 0.3) is 5.69 Å². The van der Waals surface area contributed by atoms with Crippen LogP contribution in [0.25, 0.3) is 0 Å². The summed E-state index contributed by atoms with van der Waals surface area (Å²) in [5, 5.41) is 14.6. The number of piperazine rings is 1. The number of anilines is 1. The third-order valence-electron chi connectivity index (χ3n) is 5.22. The van der Waals surface area contributed by atoms with Gasteiger partial charge in [-0.15, -0.1) is 0 Å². The fraction of sp³-hybridized carbons (Fsp3) is 0.381. The molecule has 1 fully saturated rings. The number of benzene rings is 2. The molecule has 1 aliphatic rings. The Hall–Kier alpha value is -2.48. The number of amides is 1. The second-order valence-corrected chi connectivity index (χ2v) is 7.69. The van der Waals surface area contributed by atoms with Crippen LogP contribution in [0.4, 0.5) is 11.4 Å². The first-order valence-electron chi connectivity index (χ1n) is 9.65. The molecule has 1 amide bonds. The smallest absolute Gasteiger partial charge is 0.274 e. The van der Waals surface area contributed by atoms with Crippen molar-refractivity contribution in [3.8, 4) is 0 Å². The summed E-state index contributed by atoms with van der Waals surface area (Å²) < 4.78 is 0. The molecule has 2 aromatic carbocycles. The van der Waals surface area contributed by atoms with Crippen molar-refractivity contribution in [1.29, 1.82) is 0 Å². The lowest BCUT2D eigenvalue weighted by Gasteiger charge is -2.34. The van der Waals surface area contributed by atoms with Gasteiger partial charge < -0.3 is 10.2 Å². The summed E-state index contributed by atoms with van der Waals surface area (Å²) in [5.74, 6) is -0.128. The van der Waals surface area contributed by atoms with E-state index in [2.05, 4.69) is 27.2 Å². The van der Waals surface area contributed by atoms with Crippen molar-refractivity contribution in [2.24, 2.45) is 0 Å². The summed E-state index contributed by atoms with van der Waals surface area (Å²) in [5.41, 5.74) is 2.23. The third kappa shape index (κ3) is 6.00. The van der Waals surface area contributed by atoms with Crippen molar-refractivity contribution < 1.29 is 9.72 Å². The van der Waals surface area contributed by atoms with Gasteiger partial charge in [0, 0.05) is 56.8 Å². The highest BCUT2D eigenvalue weighted by atomic mass is 35.5. The highest BCUT2D eigenvalue weighted by Gasteiger charge is 2.19. The monoisotopic (exact) mass is 416 g/mol. The molecule has 8 heteroatoms. The molecular formula is C21H25ClN4O3. The molecule has 1 N–H and O–H groups in total. The van der Waals surface area contributed by atoms with Gasteiger partial charge in [-0.3, -0.25) is 19.8 Å². The average molecular weight is 417 g/mol. The van der Waals surface area contributed by atoms with Crippen LogP contribution in [-0.4, -0.2) is 53.4 Å². The number of nitro groups is 1. The van der Waals surface area contributed by atoms with Crippen molar-refractivity contribution in [2.75, 3.05) is 38.0 Å². The highest BCUT2D eigenvalue weighted by Crippen LogP contribution is 2.25. The molecule has 1 heterocycles. The summed E-state index contributed by atoms with van der Waals surface area (Å²) in [6, 6.07) is 12.6. The molecule has 0 aliphatic carbocycles. The molecule has 1 aliphatic heterocycles. The predicted molar refractivity (Wildman–Crippen MR) is 114 cm³/mol. The molecule has 2 aromatic rings. The van der Waals surface area contributed by atoms with Crippen LogP contribution in [0.1, 0.15) is 17.5 Å². The fourth-order valence-corrected chi connectivity index (χ4v) is 3.57. The molecule has 0 spiro atoms. The lowest BCUT2D eigenvalue weighted by atomic mass is 10.1. The molecule has 0 radical (unpaired) electrons. The molecule has 3 rings (SSSR count). The van der Waals surface area contributed by atoms with Crippen LogP contribution in [0.2, 0.25) is 5.02 Å². The summed E-state index contributed by atoms with van der Waals surface area (Å²) in [7, 11) is 0. The SMILES string of the molecule is Cc1c(NC(=O)CCN2CCN(Cc3ccc(Cl)cc3)CC2)cccc1[N+](=O)[O-]. The van der Waals surface area contributed by atoms with E-state index in [4.69, 9.17) is 11.6 Å². The summed E-state index contributed by atoms with van der Waals surface area (Å²) in [6.07, 6.45) is 0.360. The van der Waals surface area contributed by atoms with Gasteiger partial charge in [-0.2, -0.15) is 0 Å². The standard InChI is InChI=1S/C21H25ClN4O3/c1-16-19(3-2-4-20(16)26(28)29)23-21(27)9-10-24-11-13-25(14-12-24)15-17-5-7-18(22)8-6-17/h2-8H,9-15H2,1H3,(H,23,27). The van der Waals surface area contributed by atoms with E-state index in [1.165, 1.54) is 11.6 Å². The Morgan fingerprint density at radius 2 is 1.76 bits per heavy atom. The maximum absolute atomic E-state index is 12.3. The molecule has 1 saturated heterocycles. The number of nitrogens with zero attached hydrogens (tertiary/aromatic N) is 3. The highest BCUT2D eigenvalue weighted by molar-refractivity contribution is 6.30. The van der Waals surface area contributed by atoms with Gasteiger partial charge in [0.05, 0.1) is 16.2 Å². The van der Waals surface area contributed by atoms with E-state index in [-0.39, 0.29) is 11.6 Å². The van der Waals surface area contributed by atoms with E-state index in [0.29, 0.717) is 24.2 Å². The van der Waals surface area contributed by atoms with E-state index in [9.17, 15) is 14.9 Å². The fourth-order valence-electron chi connectivity index (χ4n) is 3.45. The Bertz CT molecular complexity index is 865. The first kappa shape index (κ1) is 21.2. The molecule has 0 atom stereocenters. The van der Waals surface area contributed by atoms with Crippen LogP contribution in [0, 0.1) is 17.0 Å². The molecule has 29 heavy (non-hydrogen) atoms. The van der Waals surface area contributed by atoms with Gasteiger partial charge in [-0.25, -0.2) is 0 Å². The Labute approximate surface area is 175 Å². The van der Waals surface area contributed by atoms with Crippen molar-refractivity contribution in [2.45, 2.75) is 19.9 Å².